The zero-order chi connectivity index (χ0) is 18.0. The van der Waals surface area contributed by atoms with Crippen molar-refractivity contribution >= 4 is 23.1 Å². The van der Waals surface area contributed by atoms with Crippen molar-refractivity contribution in [2.45, 2.75) is 13.3 Å². The first-order valence-corrected chi connectivity index (χ1v) is 9.11. The van der Waals surface area contributed by atoms with Gasteiger partial charge in [-0.05, 0) is 31.7 Å². The number of fused-ring (bicyclic) bond motifs is 1. The quantitative estimate of drug-likeness (QED) is 0.834. The third-order valence-corrected chi connectivity index (χ3v) is 4.94. The fourth-order valence-corrected chi connectivity index (χ4v) is 3.42. The van der Waals surface area contributed by atoms with Crippen molar-refractivity contribution in [3.8, 4) is 0 Å². The Morgan fingerprint density at radius 1 is 1.16 bits per heavy atom. The first-order valence-electron chi connectivity index (χ1n) is 9.11. The van der Waals surface area contributed by atoms with Gasteiger partial charge in [0.15, 0.2) is 0 Å². The Balaban J connectivity index is 2.03. The molecule has 1 amide bonds. The zero-order valence-corrected chi connectivity index (χ0v) is 15.8. The van der Waals surface area contributed by atoms with Gasteiger partial charge in [-0.3, -0.25) is 9.79 Å². The first kappa shape index (κ1) is 17.7. The number of rotatable bonds is 3. The van der Waals surface area contributed by atoms with Crippen LogP contribution in [0, 0.1) is 0 Å². The number of benzene rings is 1. The molecular formula is C19H29N5O. The molecular weight excluding hydrogens is 314 g/mol. The standard InChI is InChI=1S/C19H29N5O/c1-5-8-24-17-13-15(21(2)3)6-7-16(17)19(20-14-18(24)25)23-11-9-22(4)10-12-23/h6-7,13H,5,8-12,14H2,1-4H3. The SMILES string of the molecule is CCCN1C(=O)CN=C(N2CCN(C)CC2)c2ccc(N(C)C)cc21. The first-order chi connectivity index (χ1) is 12.0. The summed E-state index contributed by atoms with van der Waals surface area (Å²) in [7, 11) is 6.20. The van der Waals surface area contributed by atoms with E-state index < -0.39 is 0 Å². The van der Waals surface area contributed by atoms with Gasteiger partial charge in [0.2, 0.25) is 5.91 Å². The van der Waals surface area contributed by atoms with E-state index in [0.29, 0.717) is 0 Å². The van der Waals surface area contributed by atoms with E-state index in [2.05, 4.69) is 46.9 Å². The molecule has 0 radical (unpaired) electrons. The highest BCUT2D eigenvalue weighted by molar-refractivity contribution is 6.11. The average molecular weight is 343 g/mol. The Bertz CT molecular complexity index is 662. The molecule has 3 rings (SSSR count). The Hall–Kier alpha value is -2.08. The number of anilines is 2. The van der Waals surface area contributed by atoms with Crippen LogP contribution in [-0.4, -0.2) is 82.0 Å². The van der Waals surface area contributed by atoms with Crippen molar-refractivity contribution in [2.75, 3.05) is 70.2 Å². The van der Waals surface area contributed by atoms with Crippen molar-refractivity contribution in [3.63, 3.8) is 0 Å². The maximum atomic E-state index is 12.7. The van der Waals surface area contributed by atoms with Crippen molar-refractivity contribution in [1.82, 2.24) is 9.80 Å². The summed E-state index contributed by atoms with van der Waals surface area (Å²) in [5.74, 6) is 1.06. The second-order valence-corrected chi connectivity index (χ2v) is 7.07. The number of aliphatic imine (C=N–C) groups is 1. The summed E-state index contributed by atoms with van der Waals surface area (Å²) in [6.45, 7) is 7.02. The van der Waals surface area contributed by atoms with E-state index in [1.165, 1.54) is 0 Å². The lowest BCUT2D eigenvalue weighted by atomic mass is 10.1. The molecule has 0 unspecified atom stereocenters. The number of likely N-dealkylation sites (N-methyl/N-ethyl adjacent to an activating group) is 1. The fraction of sp³-hybridized carbons (Fsp3) is 0.579. The molecule has 1 saturated heterocycles. The number of hydrogen-bond acceptors (Lipinski definition) is 5. The molecule has 2 aliphatic heterocycles. The number of carbonyl (C=O) groups is 1. The topological polar surface area (TPSA) is 42.4 Å². The Morgan fingerprint density at radius 2 is 1.88 bits per heavy atom. The number of benzodiazepines with no additional fused rings is 1. The Morgan fingerprint density at radius 3 is 2.52 bits per heavy atom. The van der Waals surface area contributed by atoms with Gasteiger partial charge in [0.1, 0.15) is 12.4 Å². The van der Waals surface area contributed by atoms with Gasteiger partial charge in [0.25, 0.3) is 0 Å². The maximum Gasteiger partial charge on any atom is 0.248 e. The lowest BCUT2D eigenvalue weighted by Gasteiger charge is -2.35. The normalized spacial score (nSPS) is 18.7. The van der Waals surface area contributed by atoms with Gasteiger partial charge in [0, 0.05) is 58.1 Å². The summed E-state index contributed by atoms with van der Waals surface area (Å²) in [4.78, 5) is 26.1. The summed E-state index contributed by atoms with van der Waals surface area (Å²) >= 11 is 0. The Kier molecular flexibility index (Phi) is 5.27. The minimum absolute atomic E-state index is 0.0862. The van der Waals surface area contributed by atoms with E-state index in [9.17, 15) is 4.79 Å². The molecule has 6 nitrogen and oxygen atoms in total. The van der Waals surface area contributed by atoms with Crippen LogP contribution >= 0.6 is 0 Å². The van der Waals surface area contributed by atoms with Crippen LogP contribution in [0.2, 0.25) is 0 Å². The lowest BCUT2D eigenvalue weighted by molar-refractivity contribution is -0.117. The van der Waals surface area contributed by atoms with Gasteiger partial charge in [-0.1, -0.05) is 6.92 Å². The number of hydrogen-bond donors (Lipinski definition) is 0. The predicted molar refractivity (Wildman–Crippen MR) is 104 cm³/mol. The van der Waals surface area contributed by atoms with Crippen LogP contribution in [0.5, 0.6) is 0 Å². The van der Waals surface area contributed by atoms with E-state index in [0.717, 1.165) is 61.9 Å². The molecule has 0 aliphatic carbocycles. The average Bonchev–Trinajstić information content (AvgIpc) is 2.73. The van der Waals surface area contributed by atoms with Crippen molar-refractivity contribution in [3.05, 3.63) is 23.8 Å². The molecule has 0 N–H and O–H groups in total. The van der Waals surface area contributed by atoms with Crippen LogP contribution in [0.3, 0.4) is 0 Å². The number of amides is 1. The van der Waals surface area contributed by atoms with E-state index >= 15 is 0 Å². The lowest BCUT2D eigenvalue weighted by Crippen LogP contribution is -2.47. The minimum Gasteiger partial charge on any atom is -0.378 e. The van der Waals surface area contributed by atoms with Gasteiger partial charge in [-0.2, -0.15) is 0 Å². The molecule has 1 aromatic carbocycles. The van der Waals surface area contributed by atoms with Crippen LogP contribution in [-0.2, 0) is 4.79 Å². The van der Waals surface area contributed by atoms with E-state index in [1.807, 2.05) is 19.0 Å². The maximum absolute atomic E-state index is 12.7. The summed E-state index contributed by atoms with van der Waals surface area (Å²) in [5.41, 5.74) is 3.18. The monoisotopic (exact) mass is 343 g/mol. The number of carbonyl (C=O) groups excluding carboxylic acids is 1. The van der Waals surface area contributed by atoms with Crippen molar-refractivity contribution in [2.24, 2.45) is 4.99 Å². The third kappa shape index (κ3) is 3.63. The number of piperazine rings is 1. The molecule has 25 heavy (non-hydrogen) atoms. The predicted octanol–water partition coefficient (Wildman–Crippen LogP) is 1.50. The summed E-state index contributed by atoms with van der Waals surface area (Å²) in [6, 6.07) is 6.37. The Labute approximate surface area is 150 Å². The van der Waals surface area contributed by atoms with Crippen molar-refractivity contribution in [1.29, 1.82) is 0 Å². The molecule has 1 aromatic rings. The molecule has 0 saturated carbocycles. The van der Waals surface area contributed by atoms with Gasteiger partial charge < -0.3 is 19.6 Å². The molecule has 0 atom stereocenters. The molecule has 0 spiro atoms. The summed E-state index contributed by atoms with van der Waals surface area (Å²) in [5, 5.41) is 0. The van der Waals surface area contributed by atoms with Gasteiger partial charge in [0.05, 0.1) is 5.69 Å². The smallest absolute Gasteiger partial charge is 0.248 e. The zero-order valence-electron chi connectivity index (χ0n) is 15.8. The van der Waals surface area contributed by atoms with Crippen molar-refractivity contribution < 1.29 is 4.79 Å². The highest BCUT2D eigenvalue weighted by Gasteiger charge is 2.28. The molecule has 6 heteroatoms. The van der Waals surface area contributed by atoms with E-state index in [1.54, 1.807) is 0 Å². The molecule has 2 heterocycles. The van der Waals surface area contributed by atoms with Crippen LogP contribution in [0.4, 0.5) is 11.4 Å². The second kappa shape index (κ2) is 7.44. The number of nitrogens with zero attached hydrogens (tertiary/aromatic N) is 5. The summed E-state index contributed by atoms with van der Waals surface area (Å²) in [6.07, 6.45) is 0.932. The van der Waals surface area contributed by atoms with Gasteiger partial charge in [-0.15, -0.1) is 0 Å². The van der Waals surface area contributed by atoms with E-state index in [4.69, 9.17) is 4.99 Å². The van der Waals surface area contributed by atoms with Gasteiger partial charge >= 0.3 is 0 Å². The molecule has 0 aromatic heterocycles. The van der Waals surface area contributed by atoms with Gasteiger partial charge in [-0.25, -0.2) is 0 Å². The minimum atomic E-state index is 0.0862. The molecule has 2 aliphatic rings. The second-order valence-electron chi connectivity index (χ2n) is 7.07. The summed E-state index contributed by atoms with van der Waals surface area (Å²) < 4.78 is 0. The molecule has 1 fully saturated rings. The molecule has 136 valence electrons. The third-order valence-electron chi connectivity index (χ3n) is 4.94. The van der Waals surface area contributed by atoms with Crippen LogP contribution in [0.1, 0.15) is 18.9 Å². The van der Waals surface area contributed by atoms with Crippen LogP contribution < -0.4 is 9.80 Å². The highest BCUT2D eigenvalue weighted by Crippen LogP contribution is 2.30. The largest absolute Gasteiger partial charge is 0.378 e. The van der Waals surface area contributed by atoms with Crippen LogP contribution in [0.25, 0.3) is 0 Å². The van der Waals surface area contributed by atoms with Crippen LogP contribution in [0.15, 0.2) is 23.2 Å². The highest BCUT2D eigenvalue weighted by atomic mass is 16.2. The fourth-order valence-electron chi connectivity index (χ4n) is 3.42. The molecule has 0 bridgehead atoms. The van der Waals surface area contributed by atoms with E-state index in [-0.39, 0.29) is 12.5 Å². The number of amidine groups is 1.